The van der Waals surface area contributed by atoms with Crippen molar-refractivity contribution in [3.05, 3.63) is 35.4 Å². The molecule has 0 fully saturated rings. The summed E-state index contributed by atoms with van der Waals surface area (Å²) in [7, 11) is 0. The van der Waals surface area contributed by atoms with Gasteiger partial charge >= 0.3 is 11.9 Å². The molecule has 1 aliphatic heterocycles. The first-order valence-corrected chi connectivity index (χ1v) is 6.86. The topological polar surface area (TPSA) is 75.6 Å². The Balaban J connectivity index is 2.12. The first-order chi connectivity index (χ1) is 9.63. The molecule has 1 aliphatic rings. The molecule has 2 unspecified atom stereocenters. The summed E-state index contributed by atoms with van der Waals surface area (Å²) in [5.74, 6) is -1.36. The minimum absolute atomic E-state index is 0.376. The van der Waals surface area contributed by atoms with Crippen molar-refractivity contribution < 1.29 is 19.4 Å². The molecule has 1 aromatic rings. The Morgan fingerprint density at radius 1 is 1.40 bits per heavy atom. The molecule has 0 bridgehead atoms. The summed E-state index contributed by atoms with van der Waals surface area (Å²) < 4.78 is 5.17. The minimum Gasteiger partial charge on any atom is -0.480 e. The molecule has 0 saturated heterocycles. The van der Waals surface area contributed by atoms with E-state index in [-0.39, 0.29) is 5.97 Å². The average molecular weight is 277 g/mol. The highest BCUT2D eigenvalue weighted by atomic mass is 16.5. The van der Waals surface area contributed by atoms with Gasteiger partial charge in [0, 0.05) is 0 Å². The second-order valence-electron chi connectivity index (χ2n) is 4.91. The van der Waals surface area contributed by atoms with Gasteiger partial charge in [0.2, 0.25) is 0 Å². The number of aliphatic carboxylic acids is 1. The Labute approximate surface area is 117 Å². The molecule has 0 spiro atoms. The molecule has 0 aromatic heterocycles. The second-order valence-corrected chi connectivity index (χ2v) is 4.91. The maximum absolute atomic E-state index is 12.0. The van der Waals surface area contributed by atoms with E-state index in [1.807, 2.05) is 19.1 Å². The maximum atomic E-state index is 12.0. The Morgan fingerprint density at radius 3 is 2.85 bits per heavy atom. The third-order valence-corrected chi connectivity index (χ3v) is 3.43. The number of carboxylic acids is 1. The normalized spacial score (nSPS) is 21.1. The van der Waals surface area contributed by atoms with Crippen LogP contribution in [0.25, 0.3) is 0 Å². The molecule has 0 saturated carbocycles. The first kappa shape index (κ1) is 14.5. The Hall–Kier alpha value is -1.88. The third-order valence-electron chi connectivity index (χ3n) is 3.43. The number of fused-ring (bicyclic) bond motifs is 1. The van der Waals surface area contributed by atoms with Gasteiger partial charge in [-0.3, -0.25) is 14.9 Å². The summed E-state index contributed by atoms with van der Waals surface area (Å²) in [5.41, 5.74) is 1.61. The number of esters is 1. The molecule has 2 N–H and O–H groups in total. The van der Waals surface area contributed by atoms with Gasteiger partial charge in [-0.15, -0.1) is 0 Å². The summed E-state index contributed by atoms with van der Waals surface area (Å²) >= 11 is 0. The summed E-state index contributed by atoms with van der Waals surface area (Å²) in [5, 5.41) is 12.1. The zero-order chi connectivity index (χ0) is 14.5. The number of carboxylic acid groups (broad SMARTS) is 1. The van der Waals surface area contributed by atoms with Crippen LogP contribution in [-0.2, 0) is 20.7 Å². The number of rotatable bonds is 5. The molecule has 2 rings (SSSR count). The summed E-state index contributed by atoms with van der Waals surface area (Å²) in [6.07, 6.45) is 2.23. The molecule has 20 heavy (non-hydrogen) atoms. The molecule has 1 heterocycles. The fourth-order valence-corrected chi connectivity index (χ4v) is 2.34. The fourth-order valence-electron chi connectivity index (χ4n) is 2.34. The lowest BCUT2D eigenvalue weighted by Gasteiger charge is -2.29. The Bertz CT molecular complexity index is 500. The van der Waals surface area contributed by atoms with E-state index in [9.17, 15) is 14.7 Å². The quantitative estimate of drug-likeness (QED) is 0.632. The number of carbonyl (C=O) groups is 2. The van der Waals surface area contributed by atoms with Crippen molar-refractivity contribution in [1.29, 1.82) is 0 Å². The van der Waals surface area contributed by atoms with Crippen LogP contribution in [0, 0.1) is 0 Å². The number of carbonyl (C=O) groups excluding carboxylic acids is 1. The van der Waals surface area contributed by atoms with Crippen LogP contribution in [0.1, 0.15) is 36.9 Å². The number of ether oxygens (including phenoxy) is 1. The van der Waals surface area contributed by atoms with E-state index < -0.39 is 18.1 Å². The van der Waals surface area contributed by atoms with Gasteiger partial charge < -0.3 is 9.84 Å². The molecule has 0 aliphatic carbocycles. The van der Waals surface area contributed by atoms with Crippen LogP contribution >= 0.6 is 0 Å². The van der Waals surface area contributed by atoms with Crippen molar-refractivity contribution in [3.63, 3.8) is 0 Å². The SMILES string of the molecule is CCCCOC(=O)C1Cc2ccccc2C(C(=O)O)N1. The zero-order valence-corrected chi connectivity index (χ0v) is 11.5. The van der Waals surface area contributed by atoms with Gasteiger partial charge in [0.15, 0.2) is 0 Å². The summed E-state index contributed by atoms with van der Waals surface area (Å²) in [4.78, 5) is 23.3. The van der Waals surface area contributed by atoms with Crippen LogP contribution in [0.15, 0.2) is 24.3 Å². The van der Waals surface area contributed by atoms with Crippen LogP contribution in [-0.4, -0.2) is 29.7 Å². The zero-order valence-electron chi connectivity index (χ0n) is 11.5. The van der Waals surface area contributed by atoms with Crippen molar-refractivity contribution >= 4 is 11.9 Å². The van der Waals surface area contributed by atoms with Crippen molar-refractivity contribution in [2.45, 2.75) is 38.3 Å². The van der Waals surface area contributed by atoms with Gasteiger partial charge in [0.05, 0.1) is 6.61 Å². The lowest BCUT2D eigenvalue weighted by atomic mass is 9.90. The highest BCUT2D eigenvalue weighted by Crippen LogP contribution is 2.25. The van der Waals surface area contributed by atoms with Crippen LogP contribution < -0.4 is 5.32 Å². The Morgan fingerprint density at radius 2 is 2.15 bits per heavy atom. The Kier molecular flexibility index (Phi) is 4.74. The van der Waals surface area contributed by atoms with E-state index in [1.54, 1.807) is 12.1 Å². The van der Waals surface area contributed by atoms with Crippen molar-refractivity contribution in [1.82, 2.24) is 5.32 Å². The van der Waals surface area contributed by atoms with Crippen LogP contribution in [0.3, 0.4) is 0 Å². The van der Waals surface area contributed by atoms with Crippen molar-refractivity contribution in [2.75, 3.05) is 6.61 Å². The molecule has 1 aromatic carbocycles. The van der Waals surface area contributed by atoms with E-state index in [0.717, 1.165) is 24.0 Å². The number of nitrogens with one attached hydrogen (secondary N) is 1. The maximum Gasteiger partial charge on any atom is 0.325 e. The summed E-state index contributed by atoms with van der Waals surface area (Å²) in [6.45, 7) is 2.40. The molecular weight excluding hydrogens is 258 g/mol. The lowest BCUT2D eigenvalue weighted by molar-refractivity contribution is -0.148. The van der Waals surface area contributed by atoms with Crippen LogP contribution in [0.2, 0.25) is 0 Å². The van der Waals surface area contributed by atoms with E-state index in [4.69, 9.17) is 4.74 Å². The highest BCUT2D eigenvalue weighted by Gasteiger charge is 2.34. The van der Waals surface area contributed by atoms with Gasteiger partial charge in [0.25, 0.3) is 0 Å². The lowest BCUT2D eigenvalue weighted by Crippen LogP contribution is -2.48. The first-order valence-electron chi connectivity index (χ1n) is 6.86. The summed E-state index contributed by atoms with van der Waals surface area (Å²) in [6, 6.07) is 5.84. The van der Waals surface area contributed by atoms with Gasteiger partial charge in [-0.1, -0.05) is 37.6 Å². The molecule has 5 nitrogen and oxygen atoms in total. The van der Waals surface area contributed by atoms with E-state index >= 15 is 0 Å². The number of hydrogen-bond acceptors (Lipinski definition) is 4. The fraction of sp³-hybridized carbons (Fsp3) is 0.467. The molecule has 0 amide bonds. The molecule has 5 heteroatoms. The number of benzene rings is 1. The second kappa shape index (κ2) is 6.52. The van der Waals surface area contributed by atoms with E-state index in [0.29, 0.717) is 13.0 Å². The average Bonchev–Trinajstić information content (AvgIpc) is 2.46. The molecule has 2 atom stereocenters. The molecular formula is C15H19NO4. The van der Waals surface area contributed by atoms with E-state index in [2.05, 4.69) is 5.32 Å². The van der Waals surface area contributed by atoms with Crippen LogP contribution in [0.5, 0.6) is 0 Å². The predicted molar refractivity (Wildman–Crippen MR) is 73.3 cm³/mol. The number of unbranched alkanes of at least 4 members (excludes halogenated alkanes) is 1. The smallest absolute Gasteiger partial charge is 0.325 e. The van der Waals surface area contributed by atoms with Crippen molar-refractivity contribution in [3.8, 4) is 0 Å². The largest absolute Gasteiger partial charge is 0.480 e. The molecule has 108 valence electrons. The minimum atomic E-state index is -0.983. The van der Waals surface area contributed by atoms with Crippen LogP contribution in [0.4, 0.5) is 0 Å². The van der Waals surface area contributed by atoms with Gasteiger partial charge in [0.1, 0.15) is 12.1 Å². The van der Waals surface area contributed by atoms with Crippen molar-refractivity contribution in [2.24, 2.45) is 0 Å². The van der Waals surface area contributed by atoms with E-state index in [1.165, 1.54) is 0 Å². The monoisotopic (exact) mass is 277 g/mol. The van der Waals surface area contributed by atoms with Gasteiger partial charge in [-0.2, -0.15) is 0 Å². The van der Waals surface area contributed by atoms with Gasteiger partial charge in [-0.05, 0) is 24.0 Å². The third kappa shape index (κ3) is 3.17. The molecule has 0 radical (unpaired) electrons. The highest BCUT2D eigenvalue weighted by molar-refractivity contribution is 5.81. The standard InChI is InChI=1S/C15H19NO4/c1-2-3-8-20-15(19)12-9-10-6-4-5-7-11(10)13(16-12)14(17)18/h4-7,12-13,16H,2-3,8-9H2,1H3,(H,17,18). The predicted octanol–water partition coefficient (Wildman–Crippen LogP) is 1.67. The number of hydrogen-bond donors (Lipinski definition) is 2. The van der Waals surface area contributed by atoms with Gasteiger partial charge in [-0.25, -0.2) is 0 Å².